The Kier molecular flexibility index (Phi) is 5.84. The summed E-state index contributed by atoms with van der Waals surface area (Å²) in [5.74, 6) is 1.95. The summed E-state index contributed by atoms with van der Waals surface area (Å²) in [5.41, 5.74) is 0.626. The Hall–Kier alpha value is -0.770. The van der Waals surface area contributed by atoms with Crippen LogP contribution in [-0.4, -0.2) is 61.6 Å². The third-order valence-electron chi connectivity index (χ3n) is 6.15. The minimum Gasteiger partial charge on any atom is -0.357 e. The van der Waals surface area contributed by atoms with Crippen molar-refractivity contribution in [3.05, 3.63) is 0 Å². The van der Waals surface area contributed by atoms with Gasteiger partial charge in [-0.2, -0.15) is 0 Å². The van der Waals surface area contributed by atoms with Gasteiger partial charge in [-0.3, -0.25) is 4.99 Å². The molecule has 3 rings (SSSR count). The number of likely N-dealkylation sites (tertiary alicyclic amines) is 2. The van der Waals surface area contributed by atoms with E-state index in [2.05, 4.69) is 29.0 Å². The normalized spacial score (nSPS) is 28.2. The van der Waals surface area contributed by atoms with Crippen LogP contribution in [0.1, 0.15) is 58.8 Å². The molecule has 1 unspecified atom stereocenters. The average Bonchev–Trinajstić information content (AvgIpc) is 3.28. The molecule has 0 aromatic heterocycles. The molecule has 1 saturated carbocycles. The van der Waals surface area contributed by atoms with Crippen molar-refractivity contribution in [1.82, 2.24) is 15.1 Å². The number of guanidine groups is 1. The largest absolute Gasteiger partial charge is 0.357 e. The van der Waals surface area contributed by atoms with Crippen molar-refractivity contribution in [2.75, 3.05) is 45.8 Å². The highest BCUT2D eigenvalue weighted by molar-refractivity contribution is 5.80. The van der Waals surface area contributed by atoms with Gasteiger partial charge in [-0.15, -0.1) is 0 Å². The molecule has 2 heterocycles. The lowest BCUT2D eigenvalue weighted by molar-refractivity contribution is 0.308. The zero-order valence-corrected chi connectivity index (χ0v) is 15.3. The van der Waals surface area contributed by atoms with Crippen LogP contribution < -0.4 is 5.32 Å². The van der Waals surface area contributed by atoms with Gasteiger partial charge in [-0.05, 0) is 63.5 Å². The number of aliphatic imine (C=N–C) groups is 1. The monoisotopic (exact) mass is 320 g/mol. The molecular formula is C19H36N4. The Morgan fingerprint density at radius 3 is 2.74 bits per heavy atom. The highest BCUT2D eigenvalue weighted by Gasteiger charge is 2.41. The Morgan fingerprint density at radius 2 is 2.00 bits per heavy atom. The van der Waals surface area contributed by atoms with E-state index in [-0.39, 0.29) is 0 Å². The van der Waals surface area contributed by atoms with Crippen LogP contribution in [0.2, 0.25) is 0 Å². The van der Waals surface area contributed by atoms with Crippen LogP contribution in [0, 0.1) is 11.3 Å². The summed E-state index contributed by atoms with van der Waals surface area (Å²) in [6.45, 7) is 12.7. The zero-order chi connectivity index (χ0) is 16.1. The maximum absolute atomic E-state index is 5.03. The van der Waals surface area contributed by atoms with E-state index in [9.17, 15) is 0 Å². The first-order valence-electron chi connectivity index (χ1n) is 10.0. The fraction of sp³-hybridized carbons (Fsp3) is 0.947. The molecule has 1 aliphatic carbocycles. The van der Waals surface area contributed by atoms with Crippen LogP contribution in [0.3, 0.4) is 0 Å². The summed E-state index contributed by atoms with van der Waals surface area (Å²) in [6.07, 6.45) is 9.75. The van der Waals surface area contributed by atoms with Crippen molar-refractivity contribution in [3.8, 4) is 0 Å². The number of nitrogens with zero attached hydrogens (tertiary/aromatic N) is 3. The first-order valence-corrected chi connectivity index (χ1v) is 10.0. The van der Waals surface area contributed by atoms with Gasteiger partial charge in [0.05, 0.1) is 0 Å². The molecule has 0 aromatic rings. The van der Waals surface area contributed by atoms with Crippen LogP contribution in [0.4, 0.5) is 0 Å². The van der Waals surface area contributed by atoms with Gasteiger partial charge >= 0.3 is 0 Å². The molecule has 1 spiro atoms. The van der Waals surface area contributed by atoms with Crippen LogP contribution in [0.25, 0.3) is 0 Å². The maximum atomic E-state index is 5.03. The molecule has 2 aliphatic heterocycles. The van der Waals surface area contributed by atoms with Gasteiger partial charge < -0.3 is 15.1 Å². The van der Waals surface area contributed by atoms with E-state index in [1.54, 1.807) is 0 Å². The summed E-state index contributed by atoms with van der Waals surface area (Å²) < 4.78 is 0. The molecular weight excluding hydrogens is 284 g/mol. The first kappa shape index (κ1) is 17.1. The highest BCUT2D eigenvalue weighted by atomic mass is 15.3. The van der Waals surface area contributed by atoms with E-state index in [1.807, 2.05) is 0 Å². The average molecular weight is 321 g/mol. The standard InChI is InChI=1S/C19H36N4/c1-3-11-22-12-7-17(15-22)14-21-18(20-4-2)23-13-10-19(16-23)8-5-6-9-19/h17H,3-16H2,1-2H3,(H,20,21). The molecule has 0 aromatic carbocycles. The van der Waals surface area contributed by atoms with Crippen molar-refractivity contribution >= 4 is 5.96 Å². The van der Waals surface area contributed by atoms with Gasteiger partial charge in [-0.1, -0.05) is 19.8 Å². The molecule has 0 radical (unpaired) electrons. The van der Waals surface area contributed by atoms with Gasteiger partial charge in [0, 0.05) is 32.7 Å². The zero-order valence-electron chi connectivity index (χ0n) is 15.3. The van der Waals surface area contributed by atoms with Crippen LogP contribution in [0.15, 0.2) is 4.99 Å². The lowest BCUT2D eigenvalue weighted by Crippen LogP contribution is -2.41. The lowest BCUT2D eigenvalue weighted by Gasteiger charge is -2.26. The van der Waals surface area contributed by atoms with Crippen LogP contribution in [-0.2, 0) is 0 Å². The summed E-state index contributed by atoms with van der Waals surface area (Å²) in [7, 11) is 0. The van der Waals surface area contributed by atoms with Crippen molar-refractivity contribution < 1.29 is 0 Å². The van der Waals surface area contributed by atoms with Crippen molar-refractivity contribution in [2.24, 2.45) is 16.3 Å². The topological polar surface area (TPSA) is 30.9 Å². The van der Waals surface area contributed by atoms with E-state index in [0.29, 0.717) is 5.41 Å². The second kappa shape index (κ2) is 7.87. The predicted molar refractivity (Wildman–Crippen MR) is 97.9 cm³/mol. The quantitative estimate of drug-likeness (QED) is 0.624. The third kappa shape index (κ3) is 4.20. The van der Waals surface area contributed by atoms with Gasteiger partial charge in [0.25, 0.3) is 0 Å². The van der Waals surface area contributed by atoms with Gasteiger partial charge in [0.2, 0.25) is 0 Å². The smallest absolute Gasteiger partial charge is 0.193 e. The summed E-state index contributed by atoms with van der Waals surface area (Å²) in [6, 6.07) is 0. The van der Waals surface area contributed by atoms with Gasteiger partial charge in [-0.25, -0.2) is 0 Å². The number of hydrogen-bond acceptors (Lipinski definition) is 2. The Bertz CT molecular complexity index is 400. The molecule has 4 heteroatoms. The fourth-order valence-electron chi connectivity index (χ4n) is 4.87. The summed E-state index contributed by atoms with van der Waals surface area (Å²) >= 11 is 0. The van der Waals surface area contributed by atoms with Crippen molar-refractivity contribution in [2.45, 2.75) is 58.8 Å². The number of nitrogens with one attached hydrogen (secondary N) is 1. The SMILES string of the molecule is CCCN1CCC(CN=C(NCC)N2CCC3(CCCC3)C2)C1. The summed E-state index contributed by atoms with van der Waals surface area (Å²) in [4.78, 5) is 10.2. The van der Waals surface area contributed by atoms with Crippen molar-refractivity contribution in [1.29, 1.82) is 0 Å². The van der Waals surface area contributed by atoms with E-state index in [4.69, 9.17) is 4.99 Å². The van der Waals surface area contributed by atoms with Crippen molar-refractivity contribution in [3.63, 3.8) is 0 Å². The first-order chi connectivity index (χ1) is 11.2. The molecule has 23 heavy (non-hydrogen) atoms. The summed E-state index contributed by atoms with van der Waals surface area (Å²) in [5, 5.41) is 3.55. The van der Waals surface area contributed by atoms with Crippen LogP contribution in [0.5, 0.6) is 0 Å². The predicted octanol–water partition coefficient (Wildman–Crippen LogP) is 2.95. The molecule has 4 nitrogen and oxygen atoms in total. The van der Waals surface area contributed by atoms with E-state index in [0.717, 1.165) is 19.0 Å². The molecule has 3 aliphatic rings. The number of hydrogen-bond donors (Lipinski definition) is 1. The Morgan fingerprint density at radius 1 is 1.17 bits per heavy atom. The van der Waals surface area contributed by atoms with Crippen LogP contribution >= 0.6 is 0 Å². The maximum Gasteiger partial charge on any atom is 0.193 e. The van der Waals surface area contributed by atoms with Gasteiger partial charge in [0.15, 0.2) is 5.96 Å². The minimum atomic E-state index is 0.626. The van der Waals surface area contributed by atoms with E-state index in [1.165, 1.54) is 83.6 Å². The number of rotatable bonds is 5. The van der Waals surface area contributed by atoms with E-state index < -0.39 is 0 Å². The molecule has 132 valence electrons. The van der Waals surface area contributed by atoms with E-state index >= 15 is 0 Å². The molecule has 0 bridgehead atoms. The molecule has 0 amide bonds. The van der Waals surface area contributed by atoms with Gasteiger partial charge in [0.1, 0.15) is 0 Å². The molecule has 3 fully saturated rings. The highest BCUT2D eigenvalue weighted by Crippen LogP contribution is 2.45. The second-order valence-electron chi connectivity index (χ2n) is 8.03. The third-order valence-corrected chi connectivity index (χ3v) is 6.15. The fourth-order valence-corrected chi connectivity index (χ4v) is 4.87. The lowest BCUT2D eigenvalue weighted by atomic mass is 9.86. The minimum absolute atomic E-state index is 0.626. The molecule has 1 atom stereocenters. The Balaban J connectivity index is 1.54. The molecule has 1 N–H and O–H groups in total. The molecule has 2 saturated heterocycles. The Labute approximate surface area is 142 Å². The second-order valence-corrected chi connectivity index (χ2v) is 8.03.